The van der Waals surface area contributed by atoms with E-state index < -0.39 is 15.9 Å². The van der Waals surface area contributed by atoms with Crippen molar-refractivity contribution < 1.29 is 13.2 Å². The van der Waals surface area contributed by atoms with E-state index in [1.807, 2.05) is 36.7 Å². The summed E-state index contributed by atoms with van der Waals surface area (Å²) in [7, 11) is -4.22. The lowest BCUT2D eigenvalue weighted by molar-refractivity contribution is 0.0981. The topological polar surface area (TPSA) is 97.2 Å². The number of carbonyl (C=O) groups is 1. The average Bonchev–Trinajstić information content (AvgIpc) is 3.38. The predicted octanol–water partition coefficient (Wildman–Crippen LogP) is 4.16. The molecule has 5 rings (SSSR count). The number of carbonyl (C=O) groups excluding carboxylic acids is 1. The Hall–Kier alpha value is -3.72. The van der Waals surface area contributed by atoms with Gasteiger partial charge in [0.15, 0.2) is 5.03 Å². The lowest BCUT2D eigenvalue weighted by Crippen LogP contribution is -2.41. The molecule has 8 nitrogen and oxygen atoms in total. The first kappa shape index (κ1) is 23.0. The SMILES string of the molecule is CC1CN(c2ncccc2C(=O)NS(=O)(=O)c2cccc(-n3cc4ccccc4c3)n2)C(C)(C)C1. The third-order valence-corrected chi connectivity index (χ3v) is 7.62. The van der Waals surface area contributed by atoms with Crippen LogP contribution >= 0.6 is 0 Å². The third-order valence-electron chi connectivity index (χ3n) is 6.39. The van der Waals surface area contributed by atoms with Crippen molar-refractivity contribution in [1.29, 1.82) is 0 Å². The van der Waals surface area contributed by atoms with E-state index in [2.05, 4.69) is 40.4 Å². The minimum atomic E-state index is -4.22. The Morgan fingerprint density at radius 1 is 1.03 bits per heavy atom. The highest BCUT2D eigenvalue weighted by molar-refractivity contribution is 7.90. The molecule has 9 heteroatoms. The van der Waals surface area contributed by atoms with E-state index in [0.717, 1.165) is 23.7 Å². The molecule has 0 radical (unpaired) electrons. The van der Waals surface area contributed by atoms with Gasteiger partial charge in [0.1, 0.15) is 11.6 Å². The van der Waals surface area contributed by atoms with Crippen molar-refractivity contribution in [3.8, 4) is 5.82 Å². The summed E-state index contributed by atoms with van der Waals surface area (Å²) in [6, 6.07) is 15.7. The number of rotatable bonds is 5. The number of fused-ring (bicyclic) bond motifs is 1. The Morgan fingerprint density at radius 3 is 2.40 bits per heavy atom. The molecule has 0 spiro atoms. The summed E-state index contributed by atoms with van der Waals surface area (Å²) in [5.41, 5.74) is 0.0174. The summed E-state index contributed by atoms with van der Waals surface area (Å²) in [6.07, 6.45) is 6.33. The summed E-state index contributed by atoms with van der Waals surface area (Å²) >= 11 is 0. The molecule has 1 saturated heterocycles. The standard InChI is InChI=1S/C26H27N5O3S/c1-18-14-26(2,3)31(15-18)24-21(10-7-13-27-24)25(32)29-35(33,34)23-12-6-11-22(28-23)30-16-19-8-4-5-9-20(19)17-30/h4-13,16-18H,14-15H2,1-3H3,(H,29,32). The third kappa shape index (κ3) is 4.39. The second-order valence-corrected chi connectivity index (χ2v) is 11.3. The summed E-state index contributed by atoms with van der Waals surface area (Å²) in [6.45, 7) is 7.10. The van der Waals surface area contributed by atoms with Crippen molar-refractivity contribution >= 4 is 32.5 Å². The van der Waals surface area contributed by atoms with Crippen LogP contribution in [0, 0.1) is 5.92 Å². The maximum Gasteiger partial charge on any atom is 0.281 e. The molecule has 3 aromatic heterocycles. The molecule has 35 heavy (non-hydrogen) atoms. The van der Waals surface area contributed by atoms with Crippen LogP contribution in [0.2, 0.25) is 0 Å². The van der Waals surface area contributed by atoms with Gasteiger partial charge in [0.25, 0.3) is 15.9 Å². The normalized spacial score (nSPS) is 17.6. The number of aromatic nitrogens is 3. The smallest absolute Gasteiger partial charge is 0.281 e. The van der Waals surface area contributed by atoms with Gasteiger partial charge in [0.05, 0.1) is 5.56 Å². The van der Waals surface area contributed by atoms with Crippen molar-refractivity contribution in [1.82, 2.24) is 19.3 Å². The highest BCUT2D eigenvalue weighted by Crippen LogP contribution is 2.37. The van der Waals surface area contributed by atoms with Gasteiger partial charge in [0, 0.05) is 30.7 Å². The van der Waals surface area contributed by atoms with Crippen LogP contribution in [-0.4, -0.2) is 40.9 Å². The minimum absolute atomic E-state index is 0.197. The van der Waals surface area contributed by atoms with Gasteiger partial charge in [-0.2, -0.15) is 8.42 Å². The van der Waals surface area contributed by atoms with Gasteiger partial charge >= 0.3 is 0 Å². The second-order valence-electron chi connectivity index (χ2n) is 9.67. The molecule has 4 aromatic rings. The van der Waals surface area contributed by atoms with Crippen LogP contribution in [0.5, 0.6) is 0 Å². The zero-order valence-corrected chi connectivity index (χ0v) is 20.7. The zero-order chi connectivity index (χ0) is 24.8. The summed E-state index contributed by atoms with van der Waals surface area (Å²) < 4.78 is 30.2. The van der Waals surface area contributed by atoms with Gasteiger partial charge in [-0.15, -0.1) is 0 Å². The number of nitrogens with zero attached hydrogens (tertiary/aromatic N) is 4. The molecule has 1 atom stereocenters. The zero-order valence-electron chi connectivity index (χ0n) is 19.8. The predicted molar refractivity (Wildman–Crippen MR) is 135 cm³/mol. The highest BCUT2D eigenvalue weighted by atomic mass is 32.2. The molecule has 1 aromatic carbocycles. The quantitative estimate of drug-likeness (QED) is 0.452. The van der Waals surface area contributed by atoms with Crippen LogP contribution in [0.15, 0.2) is 78.2 Å². The van der Waals surface area contributed by atoms with Crippen LogP contribution in [0.4, 0.5) is 5.82 Å². The molecular weight excluding hydrogens is 462 g/mol. The van der Waals surface area contributed by atoms with Gasteiger partial charge < -0.3 is 9.47 Å². The summed E-state index contributed by atoms with van der Waals surface area (Å²) in [4.78, 5) is 24.0. The maximum absolute atomic E-state index is 13.2. The molecular formula is C26H27N5O3S. The van der Waals surface area contributed by atoms with Gasteiger partial charge in [-0.3, -0.25) is 4.79 Å². The van der Waals surface area contributed by atoms with E-state index >= 15 is 0 Å². The van der Waals surface area contributed by atoms with Crippen LogP contribution in [-0.2, 0) is 10.0 Å². The largest absolute Gasteiger partial charge is 0.351 e. The van der Waals surface area contributed by atoms with Crippen LogP contribution in [0.3, 0.4) is 0 Å². The molecule has 180 valence electrons. The molecule has 1 fully saturated rings. The lowest BCUT2D eigenvalue weighted by Gasteiger charge is -2.33. The molecule has 1 unspecified atom stereocenters. The molecule has 1 aliphatic rings. The van der Waals surface area contributed by atoms with E-state index in [0.29, 0.717) is 17.6 Å². The number of sulfonamides is 1. The average molecular weight is 490 g/mol. The first-order valence-electron chi connectivity index (χ1n) is 11.5. The Balaban J connectivity index is 1.44. The molecule has 0 saturated carbocycles. The van der Waals surface area contributed by atoms with Crippen molar-refractivity contribution in [2.75, 3.05) is 11.4 Å². The first-order chi connectivity index (χ1) is 16.6. The van der Waals surface area contributed by atoms with Gasteiger partial charge in [-0.25, -0.2) is 14.7 Å². The molecule has 0 bridgehead atoms. The fourth-order valence-corrected chi connectivity index (χ4v) is 5.82. The van der Waals surface area contributed by atoms with Gasteiger partial charge in [0.2, 0.25) is 0 Å². The Kier molecular flexibility index (Phi) is 5.59. The number of nitrogens with one attached hydrogen (secondary N) is 1. The number of pyridine rings is 2. The summed E-state index contributed by atoms with van der Waals surface area (Å²) in [5, 5.41) is 1.79. The van der Waals surface area contributed by atoms with Crippen LogP contribution in [0.25, 0.3) is 16.6 Å². The highest BCUT2D eigenvalue weighted by Gasteiger charge is 2.39. The van der Waals surface area contributed by atoms with Crippen molar-refractivity contribution in [2.45, 2.75) is 37.8 Å². The fraction of sp³-hybridized carbons (Fsp3) is 0.269. The van der Waals surface area contributed by atoms with Crippen LogP contribution in [0.1, 0.15) is 37.6 Å². The molecule has 0 aliphatic carbocycles. The fourth-order valence-electron chi connectivity index (χ4n) is 4.89. The second kappa shape index (κ2) is 8.49. The van der Waals surface area contributed by atoms with E-state index in [9.17, 15) is 13.2 Å². The first-order valence-corrected chi connectivity index (χ1v) is 13.0. The molecule has 1 N–H and O–H groups in total. The van der Waals surface area contributed by atoms with Gasteiger partial charge in [-0.1, -0.05) is 37.3 Å². The number of benzene rings is 1. The maximum atomic E-state index is 13.2. The number of hydrogen-bond donors (Lipinski definition) is 1. The van der Waals surface area contributed by atoms with Gasteiger partial charge in [-0.05, 0) is 61.2 Å². The number of hydrogen-bond acceptors (Lipinski definition) is 6. The Bertz CT molecular complexity index is 1490. The monoisotopic (exact) mass is 489 g/mol. The van der Waals surface area contributed by atoms with Crippen molar-refractivity contribution in [3.63, 3.8) is 0 Å². The molecule has 4 heterocycles. The van der Waals surface area contributed by atoms with E-state index in [1.54, 1.807) is 35.0 Å². The van der Waals surface area contributed by atoms with E-state index in [1.165, 1.54) is 6.07 Å². The number of anilines is 1. The molecule has 1 amide bonds. The van der Waals surface area contributed by atoms with Crippen LogP contribution < -0.4 is 9.62 Å². The Labute approximate surface area is 204 Å². The number of amides is 1. The minimum Gasteiger partial charge on any atom is -0.351 e. The molecule has 1 aliphatic heterocycles. The van der Waals surface area contributed by atoms with Crippen molar-refractivity contribution in [3.05, 3.63) is 78.8 Å². The van der Waals surface area contributed by atoms with Crippen molar-refractivity contribution in [2.24, 2.45) is 5.92 Å². The van der Waals surface area contributed by atoms with E-state index in [4.69, 9.17) is 0 Å². The van der Waals surface area contributed by atoms with E-state index in [-0.39, 0.29) is 16.1 Å². The Morgan fingerprint density at radius 2 is 1.74 bits per heavy atom. The lowest BCUT2D eigenvalue weighted by atomic mass is 9.97. The summed E-state index contributed by atoms with van der Waals surface area (Å²) in [5.74, 6) is 0.618.